The lowest BCUT2D eigenvalue weighted by molar-refractivity contribution is -0.148. The summed E-state index contributed by atoms with van der Waals surface area (Å²) in [5.74, 6) is -0.841. The molecule has 12 heavy (non-hydrogen) atoms. The van der Waals surface area contributed by atoms with Gasteiger partial charge in [-0.25, -0.2) is 4.39 Å². The summed E-state index contributed by atoms with van der Waals surface area (Å²) in [6, 6.07) is 0. The fourth-order valence-corrected chi connectivity index (χ4v) is 1.42. The average molecular weight is 176 g/mol. The first-order valence-electron chi connectivity index (χ1n) is 4.14. The zero-order valence-corrected chi connectivity index (χ0v) is 7.00. The molecule has 3 atom stereocenters. The number of aliphatic hydroxyl groups excluding tert-OH is 1. The van der Waals surface area contributed by atoms with E-state index in [0.717, 1.165) is 0 Å². The van der Waals surface area contributed by atoms with E-state index < -0.39 is 24.2 Å². The Morgan fingerprint density at radius 3 is 2.75 bits per heavy atom. The Labute approximate surface area is 70.5 Å². The minimum atomic E-state index is -1.26. The molecule has 0 spiro atoms. The van der Waals surface area contributed by atoms with Gasteiger partial charge in [-0.2, -0.15) is 0 Å². The minimum absolute atomic E-state index is 0.0972. The quantitative estimate of drug-likeness (QED) is 0.628. The number of hydrogen-bond donors (Lipinski definition) is 1. The first kappa shape index (κ1) is 9.45. The Balaban J connectivity index is 2.40. The largest absolute Gasteiger partial charge is 0.466 e. The van der Waals surface area contributed by atoms with E-state index in [4.69, 9.17) is 9.84 Å². The van der Waals surface area contributed by atoms with Gasteiger partial charge in [0.2, 0.25) is 0 Å². The lowest BCUT2D eigenvalue weighted by Crippen LogP contribution is -2.15. The molecule has 0 saturated heterocycles. The second-order valence-corrected chi connectivity index (χ2v) is 3.00. The van der Waals surface area contributed by atoms with Crippen LogP contribution >= 0.6 is 0 Å². The van der Waals surface area contributed by atoms with E-state index in [2.05, 4.69) is 0 Å². The van der Waals surface area contributed by atoms with Crippen molar-refractivity contribution in [3.63, 3.8) is 0 Å². The molecule has 1 fully saturated rings. The van der Waals surface area contributed by atoms with Crippen LogP contribution in [0.1, 0.15) is 19.8 Å². The molecule has 70 valence electrons. The van der Waals surface area contributed by atoms with Gasteiger partial charge in [-0.3, -0.25) is 4.79 Å². The van der Waals surface area contributed by atoms with Crippen LogP contribution in [0.15, 0.2) is 0 Å². The third-order valence-electron chi connectivity index (χ3n) is 2.07. The summed E-state index contributed by atoms with van der Waals surface area (Å²) in [4.78, 5) is 11.0. The molecule has 0 radical (unpaired) electrons. The van der Waals surface area contributed by atoms with E-state index in [9.17, 15) is 9.18 Å². The van der Waals surface area contributed by atoms with Crippen molar-refractivity contribution in [2.24, 2.45) is 5.92 Å². The van der Waals surface area contributed by atoms with E-state index in [1.807, 2.05) is 0 Å². The lowest BCUT2D eigenvalue weighted by atomic mass is 10.1. The maximum atomic E-state index is 12.7. The summed E-state index contributed by atoms with van der Waals surface area (Å²) < 4.78 is 17.4. The lowest BCUT2D eigenvalue weighted by Gasteiger charge is -2.06. The molecule has 0 amide bonds. The molecule has 0 heterocycles. The molecule has 0 aromatic carbocycles. The van der Waals surface area contributed by atoms with Gasteiger partial charge < -0.3 is 9.84 Å². The number of esters is 1. The monoisotopic (exact) mass is 176 g/mol. The highest BCUT2D eigenvalue weighted by atomic mass is 19.1. The van der Waals surface area contributed by atoms with Gasteiger partial charge in [0.1, 0.15) is 6.17 Å². The number of halogens is 1. The molecular weight excluding hydrogens is 163 g/mol. The predicted molar refractivity (Wildman–Crippen MR) is 40.3 cm³/mol. The third-order valence-corrected chi connectivity index (χ3v) is 2.07. The zero-order chi connectivity index (χ0) is 9.14. The van der Waals surface area contributed by atoms with Gasteiger partial charge in [0.25, 0.3) is 0 Å². The maximum absolute atomic E-state index is 12.7. The van der Waals surface area contributed by atoms with Gasteiger partial charge >= 0.3 is 5.97 Å². The SMILES string of the molecule is CCOC(=O)[C@@H]1C[C@@H](F)[C@@H](O)C1. The summed E-state index contributed by atoms with van der Waals surface area (Å²) in [6.07, 6.45) is -1.96. The number of alkyl halides is 1. The molecule has 1 aliphatic rings. The third kappa shape index (κ3) is 1.94. The number of rotatable bonds is 2. The summed E-state index contributed by atoms with van der Waals surface area (Å²) in [7, 11) is 0. The minimum Gasteiger partial charge on any atom is -0.466 e. The highest BCUT2D eigenvalue weighted by molar-refractivity contribution is 5.72. The second kappa shape index (κ2) is 3.85. The predicted octanol–water partition coefficient (Wildman–Crippen LogP) is 0.659. The van der Waals surface area contributed by atoms with Crippen LogP contribution in [0, 0.1) is 5.92 Å². The van der Waals surface area contributed by atoms with E-state index in [-0.39, 0.29) is 12.8 Å². The Kier molecular flexibility index (Phi) is 3.03. The summed E-state index contributed by atoms with van der Waals surface area (Å²) in [5, 5.41) is 9.00. The number of carbonyl (C=O) groups is 1. The molecule has 1 aliphatic carbocycles. The molecule has 0 bridgehead atoms. The first-order chi connectivity index (χ1) is 5.65. The molecule has 0 aromatic heterocycles. The molecule has 4 heteroatoms. The fraction of sp³-hybridized carbons (Fsp3) is 0.875. The van der Waals surface area contributed by atoms with Crippen molar-refractivity contribution in [1.29, 1.82) is 0 Å². The number of ether oxygens (including phenoxy) is 1. The summed E-state index contributed by atoms with van der Waals surface area (Å²) in [6.45, 7) is 2.01. The van der Waals surface area contributed by atoms with Gasteiger partial charge in [0.05, 0.1) is 18.6 Å². The van der Waals surface area contributed by atoms with E-state index in [0.29, 0.717) is 6.61 Å². The van der Waals surface area contributed by atoms with Crippen LogP contribution < -0.4 is 0 Å². The Bertz CT molecular complexity index is 162. The van der Waals surface area contributed by atoms with Crippen LogP contribution in [0.3, 0.4) is 0 Å². The van der Waals surface area contributed by atoms with E-state index in [1.54, 1.807) is 6.92 Å². The molecule has 1 saturated carbocycles. The van der Waals surface area contributed by atoms with Crippen molar-refractivity contribution >= 4 is 5.97 Å². The van der Waals surface area contributed by atoms with Gasteiger partial charge in [0, 0.05) is 0 Å². The summed E-state index contributed by atoms with van der Waals surface area (Å²) in [5.41, 5.74) is 0. The highest BCUT2D eigenvalue weighted by Crippen LogP contribution is 2.29. The Hall–Kier alpha value is -0.640. The molecule has 0 unspecified atom stereocenters. The van der Waals surface area contributed by atoms with Crippen LogP contribution in [0.2, 0.25) is 0 Å². The van der Waals surface area contributed by atoms with Crippen molar-refractivity contribution in [3.05, 3.63) is 0 Å². The van der Waals surface area contributed by atoms with Gasteiger partial charge in [-0.1, -0.05) is 0 Å². The van der Waals surface area contributed by atoms with Crippen molar-refractivity contribution < 1.29 is 19.0 Å². The molecule has 0 aromatic rings. The molecule has 1 N–H and O–H groups in total. The molecule has 0 aliphatic heterocycles. The number of carbonyl (C=O) groups excluding carboxylic acids is 1. The van der Waals surface area contributed by atoms with Crippen molar-refractivity contribution in [2.75, 3.05) is 6.61 Å². The summed E-state index contributed by atoms with van der Waals surface area (Å²) >= 11 is 0. The van der Waals surface area contributed by atoms with Crippen LogP contribution in [0.5, 0.6) is 0 Å². The van der Waals surface area contributed by atoms with Gasteiger partial charge in [0.15, 0.2) is 0 Å². The zero-order valence-electron chi connectivity index (χ0n) is 7.00. The Morgan fingerprint density at radius 2 is 2.33 bits per heavy atom. The fourth-order valence-electron chi connectivity index (χ4n) is 1.42. The number of aliphatic hydroxyl groups is 1. The van der Waals surface area contributed by atoms with Gasteiger partial charge in [-0.05, 0) is 19.8 Å². The topological polar surface area (TPSA) is 46.5 Å². The number of hydrogen-bond acceptors (Lipinski definition) is 3. The van der Waals surface area contributed by atoms with E-state index >= 15 is 0 Å². The van der Waals surface area contributed by atoms with Crippen LogP contribution in [0.4, 0.5) is 4.39 Å². The van der Waals surface area contributed by atoms with Crippen LogP contribution in [-0.2, 0) is 9.53 Å². The van der Waals surface area contributed by atoms with E-state index in [1.165, 1.54) is 0 Å². The molecule has 1 rings (SSSR count). The van der Waals surface area contributed by atoms with Crippen molar-refractivity contribution in [3.8, 4) is 0 Å². The van der Waals surface area contributed by atoms with Crippen LogP contribution in [-0.4, -0.2) is 30.0 Å². The van der Waals surface area contributed by atoms with Gasteiger partial charge in [-0.15, -0.1) is 0 Å². The average Bonchev–Trinajstić information content (AvgIpc) is 2.33. The maximum Gasteiger partial charge on any atom is 0.309 e. The normalized spacial score (nSPS) is 35.1. The van der Waals surface area contributed by atoms with Crippen molar-refractivity contribution in [2.45, 2.75) is 32.0 Å². The first-order valence-corrected chi connectivity index (χ1v) is 4.14. The smallest absolute Gasteiger partial charge is 0.309 e. The van der Waals surface area contributed by atoms with Crippen LogP contribution in [0.25, 0.3) is 0 Å². The second-order valence-electron chi connectivity index (χ2n) is 3.00. The highest BCUT2D eigenvalue weighted by Gasteiger charge is 2.37. The standard InChI is InChI=1S/C8H13FO3/c1-2-12-8(11)5-3-6(9)7(10)4-5/h5-7,10H,2-4H2,1H3/t5-,6-,7+/m1/s1. The Morgan fingerprint density at radius 1 is 1.67 bits per heavy atom. The molecule has 3 nitrogen and oxygen atoms in total. The van der Waals surface area contributed by atoms with Crippen molar-refractivity contribution in [1.82, 2.24) is 0 Å². The molecular formula is C8H13FO3.